The van der Waals surface area contributed by atoms with Crippen LogP contribution in [-0.4, -0.2) is 22.3 Å². The van der Waals surface area contributed by atoms with Gasteiger partial charge in [0, 0.05) is 0 Å². The van der Waals surface area contributed by atoms with Crippen LogP contribution in [0.2, 0.25) is 0 Å². The van der Waals surface area contributed by atoms with E-state index in [2.05, 4.69) is 48.1 Å². The van der Waals surface area contributed by atoms with Crippen LogP contribution in [0.25, 0.3) is 0 Å². The lowest BCUT2D eigenvalue weighted by Crippen LogP contribution is -2.67. The van der Waals surface area contributed by atoms with Gasteiger partial charge in [0.15, 0.2) is 0 Å². The Morgan fingerprint density at radius 1 is 0.818 bits per heavy atom. The number of fused-ring (bicyclic) bond motifs is 7. The zero-order valence-corrected chi connectivity index (χ0v) is 22.0. The molecule has 5 aliphatic rings. The van der Waals surface area contributed by atoms with E-state index in [1.807, 2.05) is 0 Å². The number of hydrogen-bond donors (Lipinski definition) is 2. The number of allylic oxidation sites excluding steroid dienone is 1. The number of carboxylic acids is 1. The van der Waals surface area contributed by atoms with E-state index in [4.69, 9.17) is 0 Å². The van der Waals surface area contributed by atoms with E-state index < -0.39 is 11.4 Å². The minimum Gasteiger partial charge on any atom is -0.481 e. The molecule has 0 unspecified atom stereocenters. The topological polar surface area (TPSA) is 57.5 Å². The van der Waals surface area contributed by atoms with Gasteiger partial charge in [-0.3, -0.25) is 4.79 Å². The fourth-order valence-corrected chi connectivity index (χ4v) is 11.5. The van der Waals surface area contributed by atoms with Crippen molar-refractivity contribution in [1.82, 2.24) is 0 Å². The van der Waals surface area contributed by atoms with E-state index in [9.17, 15) is 15.0 Å². The predicted octanol–water partition coefficient (Wildman–Crippen LogP) is 7.09. The van der Waals surface area contributed by atoms with Crippen LogP contribution in [0.1, 0.15) is 106 Å². The lowest BCUT2D eigenvalue weighted by atomic mass is 9.32. The molecule has 0 amide bonds. The lowest BCUT2D eigenvalue weighted by molar-refractivity contribution is -0.248. The molecule has 0 bridgehead atoms. The van der Waals surface area contributed by atoms with Crippen molar-refractivity contribution in [2.24, 2.45) is 56.7 Å². The number of aliphatic hydroxyl groups is 1. The van der Waals surface area contributed by atoms with Gasteiger partial charge >= 0.3 is 5.97 Å². The van der Waals surface area contributed by atoms with Crippen molar-refractivity contribution >= 4 is 5.97 Å². The second kappa shape index (κ2) is 7.11. The quantitative estimate of drug-likeness (QED) is 0.436. The van der Waals surface area contributed by atoms with Gasteiger partial charge in [-0.15, -0.1) is 0 Å². The van der Waals surface area contributed by atoms with Crippen molar-refractivity contribution in [3.8, 4) is 0 Å². The summed E-state index contributed by atoms with van der Waals surface area (Å²) in [4.78, 5) is 12.8. The van der Waals surface area contributed by atoms with Gasteiger partial charge in [-0.1, -0.05) is 46.8 Å². The van der Waals surface area contributed by atoms with Gasteiger partial charge in [0.25, 0.3) is 0 Å². The van der Waals surface area contributed by atoms with Crippen molar-refractivity contribution in [2.45, 2.75) is 112 Å². The summed E-state index contributed by atoms with van der Waals surface area (Å²) in [7, 11) is 0. The maximum atomic E-state index is 12.8. The van der Waals surface area contributed by atoms with Crippen molar-refractivity contribution in [3.63, 3.8) is 0 Å². The minimum atomic E-state index is -0.538. The number of hydrogen-bond acceptors (Lipinski definition) is 2. The number of aliphatic carboxylic acids is 1. The standard InChI is InChI=1S/C30H48O3/c1-18(2)19-10-15-30(25(32)33)17-16-28(6)20(24(19)30)8-9-22-27(5)13-12-23(31)26(3,4)21(27)11-14-29(22,28)7/h19-24,31H,1,8-17H2,2-7H3,(H,32,33)/t19-,20-,21+,22-,23-,24-,27+,28-,29-,30+/m1/s1. The summed E-state index contributed by atoms with van der Waals surface area (Å²) in [5, 5.41) is 21.4. The molecule has 0 aliphatic heterocycles. The molecule has 0 spiro atoms. The lowest BCUT2D eigenvalue weighted by Gasteiger charge is -2.72. The summed E-state index contributed by atoms with van der Waals surface area (Å²) >= 11 is 0. The molecule has 0 saturated heterocycles. The third-order valence-electron chi connectivity index (χ3n) is 13.5. The molecule has 5 saturated carbocycles. The fraction of sp³-hybridized carbons (Fsp3) is 0.900. The second-order valence-electron chi connectivity index (χ2n) is 14.5. The molecule has 5 fully saturated rings. The molecule has 0 aromatic rings. The maximum Gasteiger partial charge on any atom is 0.309 e. The normalized spacial score (nSPS) is 55.0. The summed E-state index contributed by atoms with van der Waals surface area (Å²) in [6.45, 7) is 18.8. The van der Waals surface area contributed by atoms with Crippen LogP contribution in [0.4, 0.5) is 0 Å². The van der Waals surface area contributed by atoms with Crippen LogP contribution in [0.3, 0.4) is 0 Å². The molecule has 0 aromatic heterocycles. The molecule has 33 heavy (non-hydrogen) atoms. The third kappa shape index (κ3) is 2.75. The first kappa shape index (κ1) is 23.9. The summed E-state index contributed by atoms with van der Waals surface area (Å²) in [5.41, 5.74) is 1.35. The molecular formula is C30H48O3. The van der Waals surface area contributed by atoms with Crippen LogP contribution in [0.5, 0.6) is 0 Å². The van der Waals surface area contributed by atoms with E-state index >= 15 is 0 Å². The molecule has 3 heteroatoms. The van der Waals surface area contributed by atoms with Crippen LogP contribution in [0.15, 0.2) is 12.2 Å². The zero-order valence-electron chi connectivity index (χ0n) is 22.0. The van der Waals surface area contributed by atoms with Gasteiger partial charge in [-0.25, -0.2) is 0 Å². The predicted molar refractivity (Wildman–Crippen MR) is 133 cm³/mol. The Morgan fingerprint density at radius 2 is 1.52 bits per heavy atom. The highest BCUT2D eigenvalue weighted by Crippen LogP contribution is 2.77. The summed E-state index contributed by atoms with van der Waals surface area (Å²) in [5.74, 6) is 1.79. The molecular weight excluding hydrogens is 408 g/mol. The average Bonchev–Trinajstić information content (AvgIpc) is 3.13. The second-order valence-corrected chi connectivity index (χ2v) is 14.5. The highest BCUT2D eigenvalue weighted by Gasteiger charge is 2.71. The molecule has 0 aromatic carbocycles. The van der Waals surface area contributed by atoms with Gasteiger partial charge in [0.2, 0.25) is 0 Å². The van der Waals surface area contributed by atoms with Crippen molar-refractivity contribution < 1.29 is 15.0 Å². The molecule has 3 nitrogen and oxygen atoms in total. The van der Waals surface area contributed by atoms with Crippen LogP contribution >= 0.6 is 0 Å². The third-order valence-corrected chi connectivity index (χ3v) is 13.5. The van der Waals surface area contributed by atoms with Crippen LogP contribution < -0.4 is 0 Å². The van der Waals surface area contributed by atoms with E-state index in [-0.39, 0.29) is 33.7 Å². The summed E-state index contributed by atoms with van der Waals surface area (Å²) < 4.78 is 0. The number of carbonyl (C=O) groups is 1. The average molecular weight is 457 g/mol. The molecule has 5 rings (SSSR count). The number of carboxylic acid groups (broad SMARTS) is 1. The van der Waals surface area contributed by atoms with Crippen molar-refractivity contribution in [2.75, 3.05) is 0 Å². The Kier molecular flexibility index (Phi) is 5.15. The fourth-order valence-electron chi connectivity index (χ4n) is 11.5. The summed E-state index contributed by atoms with van der Waals surface area (Å²) in [6.07, 6.45) is 10.5. The van der Waals surface area contributed by atoms with E-state index in [0.717, 1.165) is 38.5 Å². The molecule has 10 atom stereocenters. The van der Waals surface area contributed by atoms with Gasteiger partial charge in [-0.2, -0.15) is 0 Å². The van der Waals surface area contributed by atoms with E-state index in [0.29, 0.717) is 23.7 Å². The monoisotopic (exact) mass is 456 g/mol. The first-order chi connectivity index (χ1) is 15.3. The first-order valence-corrected chi connectivity index (χ1v) is 13.8. The number of aliphatic hydroxyl groups excluding tert-OH is 1. The van der Waals surface area contributed by atoms with Gasteiger partial charge in [0.05, 0.1) is 11.5 Å². The van der Waals surface area contributed by atoms with Crippen LogP contribution in [-0.2, 0) is 4.79 Å². The molecule has 0 heterocycles. The molecule has 2 N–H and O–H groups in total. The smallest absolute Gasteiger partial charge is 0.309 e. The van der Waals surface area contributed by atoms with Gasteiger partial charge in [0.1, 0.15) is 0 Å². The van der Waals surface area contributed by atoms with Crippen LogP contribution in [0, 0.1) is 56.7 Å². The molecule has 5 aliphatic carbocycles. The first-order valence-electron chi connectivity index (χ1n) is 13.8. The minimum absolute atomic E-state index is 0.0202. The van der Waals surface area contributed by atoms with E-state index in [1.54, 1.807) is 0 Å². The Hall–Kier alpha value is -0.830. The van der Waals surface area contributed by atoms with Gasteiger partial charge in [-0.05, 0) is 122 Å². The van der Waals surface area contributed by atoms with Gasteiger partial charge < -0.3 is 10.2 Å². The van der Waals surface area contributed by atoms with E-state index in [1.165, 1.54) is 31.3 Å². The SMILES string of the molecule is C=C(C)[C@H]1CC[C@]2(C(=O)O)CC[C@]3(C)[C@H](CC[C@@H]4[C@@]5(C)CC[C@@H](O)C(C)(C)[C@@H]5CC[C@]43C)[C@@H]12. The molecule has 186 valence electrons. The van der Waals surface area contributed by atoms with Crippen molar-refractivity contribution in [1.29, 1.82) is 0 Å². The number of rotatable bonds is 2. The van der Waals surface area contributed by atoms with Crippen molar-refractivity contribution in [3.05, 3.63) is 12.2 Å². The Balaban J connectivity index is 1.57. The maximum absolute atomic E-state index is 12.8. The molecule has 0 radical (unpaired) electrons. The highest BCUT2D eigenvalue weighted by atomic mass is 16.4. The largest absolute Gasteiger partial charge is 0.481 e. The Bertz CT molecular complexity index is 861. The Labute approximate surface area is 201 Å². The highest BCUT2D eigenvalue weighted by molar-refractivity contribution is 5.76. The zero-order chi connectivity index (χ0) is 24.2. The summed E-state index contributed by atoms with van der Waals surface area (Å²) in [6, 6.07) is 0. The Morgan fingerprint density at radius 3 is 2.15 bits per heavy atom.